The van der Waals surface area contributed by atoms with Crippen LogP contribution in [0.25, 0.3) is 11.3 Å². The number of carboxylic acids is 1. The molecule has 6 nitrogen and oxygen atoms in total. The number of alkyl halides is 3. The van der Waals surface area contributed by atoms with Crippen LogP contribution < -0.4 is 14.7 Å². The predicted molar refractivity (Wildman–Crippen MR) is 120 cm³/mol. The van der Waals surface area contributed by atoms with Crippen molar-refractivity contribution in [2.45, 2.75) is 39.4 Å². The summed E-state index contributed by atoms with van der Waals surface area (Å²) in [5.41, 5.74) is 2.13. The minimum Gasteiger partial charge on any atom is -0.546 e. The van der Waals surface area contributed by atoms with Crippen LogP contribution in [0.5, 0.6) is 5.75 Å². The molecular weight excluding hydrogens is 447 g/mol. The van der Waals surface area contributed by atoms with Gasteiger partial charge < -0.3 is 19.5 Å². The summed E-state index contributed by atoms with van der Waals surface area (Å²) in [5.74, 6) is -0.353. The Hall–Kier alpha value is -3.62. The molecule has 3 aromatic rings. The fourth-order valence-corrected chi connectivity index (χ4v) is 3.42. The molecule has 0 amide bonds. The second-order valence-electron chi connectivity index (χ2n) is 7.85. The normalized spacial score (nSPS) is 11.3. The average Bonchev–Trinajstić information content (AvgIpc) is 2.80. The van der Waals surface area contributed by atoms with Gasteiger partial charge in [-0.05, 0) is 48.7 Å². The van der Waals surface area contributed by atoms with Crippen molar-refractivity contribution in [1.82, 2.24) is 9.97 Å². The fraction of sp³-hybridized carbons (Fsp3) is 0.320. The first-order chi connectivity index (χ1) is 16.2. The maximum atomic E-state index is 12.9. The van der Waals surface area contributed by atoms with Gasteiger partial charge in [0.05, 0.1) is 17.2 Å². The Morgan fingerprint density at radius 2 is 1.85 bits per heavy atom. The highest BCUT2D eigenvalue weighted by Crippen LogP contribution is 2.31. The molecule has 0 fully saturated rings. The summed E-state index contributed by atoms with van der Waals surface area (Å²) >= 11 is 0. The van der Waals surface area contributed by atoms with Crippen molar-refractivity contribution in [1.29, 1.82) is 0 Å². The van der Waals surface area contributed by atoms with E-state index in [1.165, 1.54) is 12.1 Å². The van der Waals surface area contributed by atoms with E-state index in [1.54, 1.807) is 18.3 Å². The van der Waals surface area contributed by atoms with E-state index in [9.17, 15) is 23.1 Å². The van der Waals surface area contributed by atoms with Crippen molar-refractivity contribution in [3.63, 3.8) is 0 Å². The second kappa shape index (κ2) is 11.0. The van der Waals surface area contributed by atoms with Crippen LogP contribution in [0, 0.1) is 6.92 Å². The molecule has 0 atom stereocenters. The molecule has 0 aliphatic heterocycles. The summed E-state index contributed by atoms with van der Waals surface area (Å²) < 4.78 is 43.9. The average molecular weight is 472 g/mol. The minimum atomic E-state index is -4.39. The Morgan fingerprint density at radius 1 is 1.12 bits per heavy atom. The molecule has 0 radical (unpaired) electrons. The lowest BCUT2D eigenvalue weighted by Gasteiger charge is -2.23. The van der Waals surface area contributed by atoms with Crippen LogP contribution in [0.3, 0.4) is 0 Å². The SMILES string of the molecule is CCCCN(Cc1ccc(OCC(=O)[O-])c(C)c1)c1nccc(-c2ccc(C(F)(F)F)cc2)n1. The smallest absolute Gasteiger partial charge is 0.416 e. The quantitative estimate of drug-likeness (QED) is 0.435. The highest BCUT2D eigenvalue weighted by molar-refractivity contribution is 5.66. The van der Waals surface area contributed by atoms with Crippen molar-refractivity contribution in [2.24, 2.45) is 0 Å². The van der Waals surface area contributed by atoms with Crippen molar-refractivity contribution in [2.75, 3.05) is 18.1 Å². The molecule has 0 aliphatic carbocycles. The number of carbonyl (C=O) groups excluding carboxylic acids is 1. The van der Waals surface area contributed by atoms with Crippen LogP contribution >= 0.6 is 0 Å². The number of ether oxygens (including phenoxy) is 1. The van der Waals surface area contributed by atoms with Crippen LogP contribution in [-0.4, -0.2) is 29.1 Å². The number of carbonyl (C=O) groups is 1. The van der Waals surface area contributed by atoms with Gasteiger partial charge in [-0.25, -0.2) is 9.97 Å². The number of aliphatic carboxylic acids is 1. The van der Waals surface area contributed by atoms with Crippen LogP contribution in [-0.2, 0) is 17.5 Å². The molecule has 180 valence electrons. The van der Waals surface area contributed by atoms with E-state index in [4.69, 9.17) is 4.74 Å². The first-order valence-corrected chi connectivity index (χ1v) is 10.8. The van der Waals surface area contributed by atoms with Crippen LogP contribution in [0.2, 0.25) is 0 Å². The molecule has 1 aromatic heterocycles. The molecular formula is C25H25F3N3O3-. The van der Waals surface area contributed by atoms with Gasteiger partial charge in [-0.2, -0.15) is 13.2 Å². The van der Waals surface area contributed by atoms with Crippen molar-refractivity contribution >= 4 is 11.9 Å². The number of carboxylic acid groups (broad SMARTS) is 1. The molecule has 0 saturated carbocycles. The van der Waals surface area contributed by atoms with Crippen molar-refractivity contribution in [3.05, 3.63) is 71.4 Å². The van der Waals surface area contributed by atoms with E-state index < -0.39 is 24.3 Å². The lowest BCUT2D eigenvalue weighted by molar-refractivity contribution is -0.307. The summed E-state index contributed by atoms with van der Waals surface area (Å²) in [7, 11) is 0. The van der Waals surface area contributed by atoms with Gasteiger partial charge in [0.1, 0.15) is 12.4 Å². The zero-order chi connectivity index (χ0) is 24.7. The number of hydrogen-bond acceptors (Lipinski definition) is 6. The lowest BCUT2D eigenvalue weighted by atomic mass is 10.1. The Labute approximate surface area is 196 Å². The lowest BCUT2D eigenvalue weighted by Crippen LogP contribution is -2.29. The zero-order valence-corrected chi connectivity index (χ0v) is 18.9. The van der Waals surface area contributed by atoms with Crippen molar-refractivity contribution in [3.8, 4) is 17.0 Å². The maximum Gasteiger partial charge on any atom is 0.416 e. The van der Waals surface area contributed by atoms with E-state index >= 15 is 0 Å². The van der Waals surface area contributed by atoms with E-state index in [0.29, 0.717) is 36.0 Å². The summed E-state index contributed by atoms with van der Waals surface area (Å²) in [6, 6.07) is 12.0. The van der Waals surface area contributed by atoms with Gasteiger partial charge in [-0.15, -0.1) is 0 Å². The number of aromatic nitrogens is 2. The number of aryl methyl sites for hydroxylation is 1. The topological polar surface area (TPSA) is 78.4 Å². The number of hydrogen-bond donors (Lipinski definition) is 0. The number of anilines is 1. The Balaban J connectivity index is 1.83. The number of benzene rings is 2. The Kier molecular flexibility index (Phi) is 8.09. The van der Waals surface area contributed by atoms with Crippen LogP contribution in [0.4, 0.5) is 19.1 Å². The third-order valence-electron chi connectivity index (χ3n) is 5.17. The molecule has 2 aromatic carbocycles. The molecule has 0 saturated heterocycles. The molecule has 0 unspecified atom stereocenters. The fourth-order valence-electron chi connectivity index (χ4n) is 3.42. The molecule has 0 bridgehead atoms. The van der Waals surface area contributed by atoms with E-state index in [2.05, 4.69) is 16.9 Å². The van der Waals surface area contributed by atoms with Crippen molar-refractivity contribution < 1.29 is 27.8 Å². The summed E-state index contributed by atoms with van der Waals surface area (Å²) in [4.78, 5) is 21.7. The largest absolute Gasteiger partial charge is 0.546 e. The molecule has 0 spiro atoms. The number of nitrogens with zero attached hydrogens (tertiary/aromatic N) is 3. The molecule has 0 aliphatic rings. The number of halogens is 3. The van der Waals surface area contributed by atoms with E-state index in [1.807, 2.05) is 24.0 Å². The monoisotopic (exact) mass is 472 g/mol. The van der Waals surface area contributed by atoms with Gasteiger partial charge in [0, 0.05) is 24.8 Å². The van der Waals surface area contributed by atoms with Crippen LogP contribution in [0.1, 0.15) is 36.5 Å². The third-order valence-corrected chi connectivity index (χ3v) is 5.17. The minimum absolute atomic E-state index is 0.466. The molecule has 1 heterocycles. The first kappa shape index (κ1) is 25.0. The highest BCUT2D eigenvalue weighted by Gasteiger charge is 2.30. The highest BCUT2D eigenvalue weighted by atomic mass is 19.4. The van der Waals surface area contributed by atoms with E-state index in [-0.39, 0.29) is 0 Å². The number of rotatable bonds is 10. The van der Waals surface area contributed by atoms with E-state index in [0.717, 1.165) is 36.1 Å². The Morgan fingerprint density at radius 3 is 2.47 bits per heavy atom. The Bertz CT molecular complexity index is 1120. The number of unbranched alkanes of at least 4 members (excludes halogenated alkanes) is 1. The van der Waals surface area contributed by atoms with Crippen LogP contribution in [0.15, 0.2) is 54.7 Å². The second-order valence-corrected chi connectivity index (χ2v) is 7.85. The van der Waals surface area contributed by atoms with Gasteiger partial charge >= 0.3 is 6.18 Å². The van der Waals surface area contributed by atoms with Gasteiger partial charge in [-0.3, -0.25) is 0 Å². The predicted octanol–water partition coefficient (Wildman–Crippen LogP) is 4.41. The molecule has 0 N–H and O–H groups in total. The van der Waals surface area contributed by atoms with Gasteiger partial charge in [-0.1, -0.05) is 37.6 Å². The first-order valence-electron chi connectivity index (χ1n) is 10.8. The van der Waals surface area contributed by atoms with Gasteiger partial charge in [0.15, 0.2) is 0 Å². The zero-order valence-electron chi connectivity index (χ0n) is 18.9. The molecule has 3 rings (SSSR count). The standard InChI is InChI=1S/C25H26F3N3O3/c1-3-4-13-31(15-18-5-10-22(17(2)14-18)34-16-23(32)33)24-29-12-11-21(30-24)19-6-8-20(9-7-19)25(26,27)28/h5-12,14H,3-4,13,15-16H2,1-2H3,(H,32,33)/p-1. The van der Waals surface area contributed by atoms with Gasteiger partial charge in [0.2, 0.25) is 5.95 Å². The summed E-state index contributed by atoms with van der Waals surface area (Å²) in [5, 5.41) is 10.6. The summed E-state index contributed by atoms with van der Waals surface area (Å²) in [6.07, 6.45) is -0.935. The third kappa shape index (κ3) is 6.69. The molecule has 34 heavy (non-hydrogen) atoms. The maximum absolute atomic E-state index is 12.9. The summed E-state index contributed by atoms with van der Waals surface area (Å²) in [6.45, 7) is 4.57. The van der Waals surface area contributed by atoms with Gasteiger partial charge in [0.25, 0.3) is 0 Å². The molecule has 9 heteroatoms.